The third-order valence-electron chi connectivity index (χ3n) is 2.23. The first-order valence-electron chi connectivity index (χ1n) is 6.04. The third kappa shape index (κ3) is 3.92. The predicted molar refractivity (Wildman–Crippen MR) is 71.1 cm³/mol. The zero-order valence-electron chi connectivity index (χ0n) is 11.0. The molecular formula is C13H20N2O3. The molecule has 0 aromatic heterocycles. The van der Waals surface area contributed by atoms with Gasteiger partial charge < -0.3 is 20.5 Å². The van der Waals surface area contributed by atoms with E-state index in [9.17, 15) is 4.79 Å². The summed E-state index contributed by atoms with van der Waals surface area (Å²) in [6, 6.07) is 4.73. The van der Waals surface area contributed by atoms with Crippen LogP contribution < -0.4 is 20.5 Å². The molecule has 0 radical (unpaired) electrons. The van der Waals surface area contributed by atoms with Crippen LogP contribution in [0, 0.1) is 0 Å². The molecule has 5 nitrogen and oxygen atoms in total. The molecule has 0 spiro atoms. The first-order valence-corrected chi connectivity index (χ1v) is 6.04. The molecule has 0 saturated heterocycles. The van der Waals surface area contributed by atoms with Gasteiger partial charge in [0.2, 0.25) is 5.91 Å². The number of anilines is 1. The Balaban J connectivity index is 2.95. The topological polar surface area (TPSA) is 73.6 Å². The average molecular weight is 252 g/mol. The van der Waals surface area contributed by atoms with E-state index in [0.29, 0.717) is 30.4 Å². The van der Waals surface area contributed by atoms with Gasteiger partial charge in [0, 0.05) is 6.07 Å². The van der Waals surface area contributed by atoms with Gasteiger partial charge in [-0.25, -0.2) is 0 Å². The zero-order valence-corrected chi connectivity index (χ0v) is 11.0. The Kier molecular flexibility index (Phi) is 5.45. The molecule has 0 fully saturated rings. The first-order chi connectivity index (χ1) is 8.58. The van der Waals surface area contributed by atoms with E-state index in [1.54, 1.807) is 25.1 Å². The van der Waals surface area contributed by atoms with E-state index in [4.69, 9.17) is 15.2 Å². The summed E-state index contributed by atoms with van der Waals surface area (Å²) < 4.78 is 10.8. The van der Waals surface area contributed by atoms with Gasteiger partial charge in [0.05, 0.1) is 24.9 Å². The summed E-state index contributed by atoms with van der Waals surface area (Å²) in [6.07, 6.45) is 0. The number of rotatable bonds is 6. The highest BCUT2D eigenvalue weighted by atomic mass is 16.5. The summed E-state index contributed by atoms with van der Waals surface area (Å²) in [4.78, 5) is 11.6. The normalized spacial score (nSPS) is 11.8. The molecule has 0 saturated carbocycles. The number of ether oxygens (including phenoxy) is 2. The fourth-order valence-corrected chi connectivity index (χ4v) is 1.39. The minimum Gasteiger partial charge on any atom is -0.494 e. The van der Waals surface area contributed by atoms with Crippen LogP contribution in [0.1, 0.15) is 20.8 Å². The fraction of sp³-hybridized carbons (Fsp3) is 0.462. The van der Waals surface area contributed by atoms with Crippen molar-refractivity contribution >= 4 is 11.6 Å². The van der Waals surface area contributed by atoms with Crippen LogP contribution in [-0.4, -0.2) is 25.2 Å². The highest BCUT2D eigenvalue weighted by Gasteiger charge is 2.12. The van der Waals surface area contributed by atoms with Crippen molar-refractivity contribution in [3.63, 3.8) is 0 Å². The van der Waals surface area contributed by atoms with Crippen molar-refractivity contribution in [1.29, 1.82) is 0 Å². The van der Waals surface area contributed by atoms with Crippen molar-refractivity contribution in [2.75, 3.05) is 18.5 Å². The summed E-state index contributed by atoms with van der Waals surface area (Å²) >= 11 is 0. The molecule has 5 heteroatoms. The van der Waals surface area contributed by atoms with Crippen molar-refractivity contribution in [3.05, 3.63) is 18.2 Å². The minimum atomic E-state index is -0.574. The van der Waals surface area contributed by atoms with Crippen LogP contribution in [0.15, 0.2) is 18.2 Å². The van der Waals surface area contributed by atoms with Crippen molar-refractivity contribution in [1.82, 2.24) is 0 Å². The van der Waals surface area contributed by atoms with Crippen molar-refractivity contribution < 1.29 is 14.3 Å². The molecule has 0 aliphatic rings. The number of nitrogens with two attached hydrogens (primary N) is 1. The Morgan fingerprint density at radius 3 is 2.56 bits per heavy atom. The Bertz CT molecular complexity index is 405. The first kappa shape index (κ1) is 14.3. The third-order valence-corrected chi connectivity index (χ3v) is 2.23. The lowest BCUT2D eigenvalue weighted by Crippen LogP contribution is -2.32. The van der Waals surface area contributed by atoms with E-state index in [-0.39, 0.29) is 5.91 Å². The van der Waals surface area contributed by atoms with E-state index >= 15 is 0 Å². The molecule has 0 aliphatic carbocycles. The maximum absolute atomic E-state index is 11.6. The lowest BCUT2D eigenvalue weighted by atomic mass is 10.2. The smallest absolute Gasteiger partial charge is 0.241 e. The summed E-state index contributed by atoms with van der Waals surface area (Å²) in [5, 5.41) is 2.72. The molecule has 0 bridgehead atoms. The van der Waals surface area contributed by atoms with Crippen LogP contribution in [-0.2, 0) is 4.79 Å². The molecule has 0 aliphatic heterocycles. The lowest BCUT2D eigenvalue weighted by Gasteiger charge is -2.14. The number of amides is 1. The summed E-state index contributed by atoms with van der Waals surface area (Å²) in [5.74, 6) is 1.03. The molecule has 0 unspecified atom stereocenters. The average Bonchev–Trinajstić information content (AvgIpc) is 2.33. The minimum absolute atomic E-state index is 0.260. The molecule has 1 aromatic carbocycles. The summed E-state index contributed by atoms with van der Waals surface area (Å²) in [5.41, 5.74) is 6.09. The van der Waals surface area contributed by atoms with Gasteiger partial charge in [-0.05, 0) is 32.9 Å². The second-order valence-electron chi connectivity index (χ2n) is 3.80. The summed E-state index contributed by atoms with van der Waals surface area (Å²) in [6.45, 7) is 6.50. The fourth-order valence-electron chi connectivity index (χ4n) is 1.39. The lowest BCUT2D eigenvalue weighted by molar-refractivity contribution is -0.117. The zero-order chi connectivity index (χ0) is 13.5. The number of hydrogen-bond donors (Lipinski definition) is 2. The van der Waals surface area contributed by atoms with Crippen LogP contribution in [0.2, 0.25) is 0 Å². The van der Waals surface area contributed by atoms with Gasteiger partial charge in [-0.3, -0.25) is 4.79 Å². The van der Waals surface area contributed by atoms with Crippen LogP contribution >= 0.6 is 0 Å². The van der Waals surface area contributed by atoms with Crippen LogP contribution in [0.5, 0.6) is 11.5 Å². The molecule has 1 amide bonds. The number of benzene rings is 1. The molecule has 1 aromatic rings. The highest BCUT2D eigenvalue weighted by molar-refractivity contribution is 5.95. The number of carbonyl (C=O) groups excluding carboxylic acids is 1. The van der Waals surface area contributed by atoms with Crippen LogP contribution in [0.3, 0.4) is 0 Å². The van der Waals surface area contributed by atoms with Gasteiger partial charge in [0.1, 0.15) is 11.5 Å². The standard InChI is InChI=1S/C13H20N2O3/c1-4-17-10-6-7-12(18-5-2)11(8-10)15-13(16)9(3)14/h6-9H,4-5,14H2,1-3H3,(H,15,16)/t9-/m0/s1. The van der Waals surface area contributed by atoms with Crippen LogP contribution in [0.4, 0.5) is 5.69 Å². The molecule has 1 rings (SSSR count). The molecule has 0 heterocycles. The second kappa shape index (κ2) is 6.86. The van der Waals surface area contributed by atoms with Gasteiger partial charge >= 0.3 is 0 Å². The van der Waals surface area contributed by atoms with Gasteiger partial charge in [0.25, 0.3) is 0 Å². The Morgan fingerprint density at radius 2 is 2.00 bits per heavy atom. The van der Waals surface area contributed by atoms with Crippen molar-refractivity contribution in [2.45, 2.75) is 26.8 Å². The van der Waals surface area contributed by atoms with E-state index < -0.39 is 6.04 Å². The SMILES string of the molecule is CCOc1ccc(OCC)c(NC(=O)[C@H](C)N)c1. The Hall–Kier alpha value is -1.75. The van der Waals surface area contributed by atoms with E-state index in [1.165, 1.54) is 0 Å². The van der Waals surface area contributed by atoms with Gasteiger partial charge in [-0.2, -0.15) is 0 Å². The quantitative estimate of drug-likeness (QED) is 0.809. The number of carbonyl (C=O) groups is 1. The molecule has 3 N–H and O–H groups in total. The molecule has 1 atom stereocenters. The second-order valence-corrected chi connectivity index (χ2v) is 3.80. The highest BCUT2D eigenvalue weighted by Crippen LogP contribution is 2.29. The predicted octanol–water partition coefficient (Wildman–Crippen LogP) is 1.77. The monoisotopic (exact) mass is 252 g/mol. The maximum atomic E-state index is 11.6. The number of nitrogens with one attached hydrogen (secondary N) is 1. The maximum Gasteiger partial charge on any atom is 0.241 e. The number of hydrogen-bond acceptors (Lipinski definition) is 4. The largest absolute Gasteiger partial charge is 0.494 e. The Labute approximate surface area is 107 Å². The Morgan fingerprint density at radius 1 is 1.33 bits per heavy atom. The van der Waals surface area contributed by atoms with Gasteiger partial charge in [-0.1, -0.05) is 0 Å². The molecule has 100 valence electrons. The van der Waals surface area contributed by atoms with Crippen LogP contribution in [0.25, 0.3) is 0 Å². The van der Waals surface area contributed by atoms with Gasteiger partial charge in [-0.15, -0.1) is 0 Å². The van der Waals surface area contributed by atoms with Crippen molar-refractivity contribution in [2.24, 2.45) is 5.73 Å². The van der Waals surface area contributed by atoms with Crippen molar-refractivity contribution in [3.8, 4) is 11.5 Å². The van der Waals surface area contributed by atoms with E-state index in [0.717, 1.165) is 0 Å². The summed E-state index contributed by atoms with van der Waals surface area (Å²) in [7, 11) is 0. The van der Waals surface area contributed by atoms with Gasteiger partial charge in [0.15, 0.2) is 0 Å². The van der Waals surface area contributed by atoms with E-state index in [2.05, 4.69) is 5.32 Å². The molecular weight excluding hydrogens is 232 g/mol. The molecule has 18 heavy (non-hydrogen) atoms. The van der Waals surface area contributed by atoms with E-state index in [1.807, 2.05) is 13.8 Å².